The van der Waals surface area contributed by atoms with Gasteiger partial charge in [0.15, 0.2) is 0 Å². The Morgan fingerprint density at radius 2 is 0.746 bits per heavy atom. The van der Waals surface area contributed by atoms with Crippen LogP contribution in [0, 0.1) is 0 Å². The van der Waals surface area contributed by atoms with Crippen molar-refractivity contribution in [2.45, 2.75) is 264 Å². The Morgan fingerprint density at radius 3 is 1.12 bits per heavy atom. The Kier molecular flexibility index (Phi) is 48.3. The van der Waals surface area contributed by atoms with Crippen molar-refractivity contribution in [1.29, 1.82) is 0 Å². The van der Waals surface area contributed by atoms with Crippen LogP contribution in [0.3, 0.4) is 0 Å². The van der Waals surface area contributed by atoms with Crippen LogP contribution < -0.4 is 5.32 Å². The minimum atomic E-state index is -0.844. The first-order chi connectivity index (χ1) is 29.2. The van der Waals surface area contributed by atoms with Crippen LogP contribution in [-0.4, -0.2) is 34.9 Å². The number of hydrogen-bond acceptors (Lipinski definition) is 3. The van der Waals surface area contributed by atoms with E-state index in [-0.39, 0.29) is 12.5 Å². The van der Waals surface area contributed by atoms with Crippen LogP contribution in [0.25, 0.3) is 0 Å². The molecule has 0 rings (SSSR count). The van der Waals surface area contributed by atoms with Crippen LogP contribution in [0.4, 0.5) is 0 Å². The van der Waals surface area contributed by atoms with E-state index in [4.69, 9.17) is 0 Å². The van der Waals surface area contributed by atoms with Crippen LogP contribution in [0.2, 0.25) is 0 Å². The summed E-state index contributed by atoms with van der Waals surface area (Å²) >= 11 is 0. The maximum Gasteiger partial charge on any atom is 0.220 e. The molecule has 59 heavy (non-hydrogen) atoms. The first-order valence-corrected chi connectivity index (χ1v) is 25.7. The second-order valence-corrected chi connectivity index (χ2v) is 17.2. The lowest BCUT2D eigenvalue weighted by atomic mass is 10.0. The summed E-state index contributed by atoms with van der Waals surface area (Å²) in [5.74, 6) is -0.0682. The third-order valence-electron chi connectivity index (χ3n) is 11.4. The molecule has 0 radical (unpaired) electrons. The van der Waals surface area contributed by atoms with Gasteiger partial charge in [-0.3, -0.25) is 4.79 Å². The molecule has 0 bridgehead atoms. The van der Waals surface area contributed by atoms with Crippen molar-refractivity contribution in [3.8, 4) is 0 Å². The van der Waals surface area contributed by atoms with Crippen molar-refractivity contribution in [1.82, 2.24) is 5.32 Å². The minimum Gasteiger partial charge on any atom is -0.394 e. The van der Waals surface area contributed by atoms with E-state index in [9.17, 15) is 15.0 Å². The first-order valence-electron chi connectivity index (χ1n) is 25.7. The highest BCUT2D eigenvalue weighted by molar-refractivity contribution is 5.76. The van der Waals surface area contributed by atoms with Crippen molar-refractivity contribution < 1.29 is 15.0 Å². The van der Waals surface area contributed by atoms with Crippen molar-refractivity contribution in [3.63, 3.8) is 0 Å². The van der Waals surface area contributed by atoms with Crippen LogP contribution >= 0.6 is 0 Å². The van der Waals surface area contributed by atoms with E-state index >= 15 is 0 Å². The summed E-state index contributed by atoms with van der Waals surface area (Å²) in [5, 5.41) is 23.1. The van der Waals surface area contributed by atoms with E-state index in [2.05, 4.69) is 79.9 Å². The van der Waals surface area contributed by atoms with Crippen molar-refractivity contribution in [2.24, 2.45) is 0 Å². The standard InChI is InChI=1S/C55H99NO3/c1-3-5-7-9-11-13-15-17-19-21-23-25-26-27-28-29-30-31-33-35-37-39-41-43-45-47-49-51-55(59)56-53(52-57)54(58)50-48-46-44-42-40-38-36-34-32-24-22-20-18-16-14-12-10-8-6-4-2/h5,7,11,13,17,19,23,25,27-28,48,50,53-54,57-58H,3-4,6,8-10,12,14-16,18,20-22,24,26,29-47,49,51-52H2,1-2H3,(H,56,59)/b7-5-,13-11-,19-17-,25-23-,28-27-,50-48+. The molecule has 0 saturated heterocycles. The molecule has 342 valence electrons. The topological polar surface area (TPSA) is 69.6 Å². The summed E-state index contributed by atoms with van der Waals surface area (Å²) in [6.45, 7) is 4.21. The van der Waals surface area contributed by atoms with Gasteiger partial charge in [0, 0.05) is 6.42 Å². The number of carbonyl (C=O) groups is 1. The zero-order valence-electron chi connectivity index (χ0n) is 39.3. The molecule has 0 saturated carbocycles. The molecular formula is C55H99NO3. The Labute approximate surface area is 368 Å². The van der Waals surface area contributed by atoms with Crippen LogP contribution in [0.1, 0.15) is 251 Å². The highest BCUT2D eigenvalue weighted by atomic mass is 16.3. The lowest BCUT2D eigenvalue weighted by Crippen LogP contribution is -2.45. The largest absolute Gasteiger partial charge is 0.394 e. The number of aliphatic hydroxyl groups excluding tert-OH is 2. The van der Waals surface area contributed by atoms with Crippen LogP contribution in [-0.2, 0) is 4.79 Å². The Balaban J connectivity index is 3.56. The van der Waals surface area contributed by atoms with Gasteiger partial charge in [-0.25, -0.2) is 0 Å². The van der Waals surface area contributed by atoms with E-state index in [0.29, 0.717) is 6.42 Å². The van der Waals surface area contributed by atoms with Crippen molar-refractivity contribution >= 4 is 5.91 Å². The molecule has 0 aliphatic carbocycles. The highest BCUT2D eigenvalue weighted by Crippen LogP contribution is 2.16. The SMILES string of the molecule is CC/C=C\C/C=C\C/C=C\C/C=C\C/C=C\CCCCCCCCCCCCCC(=O)NC(CO)C(O)/C=C/CCCCCCCCCCCCCCCCCCCC. The molecule has 2 unspecified atom stereocenters. The quantitative estimate of drug-likeness (QED) is 0.0423. The van der Waals surface area contributed by atoms with Gasteiger partial charge in [-0.05, 0) is 64.2 Å². The summed E-state index contributed by atoms with van der Waals surface area (Å²) in [6, 6.07) is -0.628. The Hall–Kier alpha value is -2.17. The second kappa shape index (κ2) is 50.2. The van der Waals surface area contributed by atoms with Crippen LogP contribution in [0.5, 0.6) is 0 Å². The molecule has 0 aromatic rings. The first kappa shape index (κ1) is 56.8. The lowest BCUT2D eigenvalue weighted by molar-refractivity contribution is -0.123. The summed E-state index contributed by atoms with van der Waals surface area (Å²) in [6.07, 6.45) is 71.7. The average Bonchev–Trinajstić information content (AvgIpc) is 3.24. The van der Waals surface area contributed by atoms with Crippen molar-refractivity contribution in [2.75, 3.05) is 6.61 Å². The number of hydrogen-bond donors (Lipinski definition) is 3. The predicted octanol–water partition coefficient (Wildman–Crippen LogP) is 16.6. The number of nitrogens with one attached hydrogen (secondary N) is 1. The fourth-order valence-corrected chi connectivity index (χ4v) is 7.56. The third kappa shape index (κ3) is 46.7. The van der Waals surface area contributed by atoms with Crippen molar-refractivity contribution in [3.05, 3.63) is 72.9 Å². The summed E-state index contributed by atoms with van der Waals surface area (Å²) in [4.78, 5) is 12.4. The third-order valence-corrected chi connectivity index (χ3v) is 11.4. The average molecular weight is 822 g/mol. The Morgan fingerprint density at radius 1 is 0.424 bits per heavy atom. The number of allylic oxidation sites excluding steroid dienone is 11. The lowest BCUT2D eigenvalue weighted by Gasteiger charge is -2.20. The molecule has 0 aromatic heterocycles. The molecule has 4 nitrogen and oxygen atoms in total. The second-order valence-electron chi connectivity index (χ2n) is 17.2. The molecule has 0 fully saturated rings. The number of unbranched alkanes of at least 4 members (excludes halogenated alkanes) is 29. The molecule has 0 aliphatic rings. The highest BCUT2D eigenvalue weighted by Gasteiger charge is 2.18. The smallest absolute Gasteiger partial charge is 0.220 e. The Bertz CT molecular complexity index is 1020. The molecule has 0 heterocycles. The van der Waals surface area contributed by atoms with E-state index in [0.717, 1.165) is 57.8 Å². The predicted molar refractivity (Wildman–Crippen MR) is 262 cm³/mol. The summed E-state index contributed by atoms with van der Waals surface area (Å²) in [7, 11) is 0. The van der Waals surface area contributed by atoms with E-state index in [1.54, 1.807) is 6.08 Å². The molecule has 2 atom stereocenters. The van der Waals surface area contributed by atoms with Gasteiger partial charge in [0.05, 0.1) is 18.8 Å². The minimum absolute atomic E-state index is 0.0682. The van der Waals surface area contributed by atoms with Crippen LogP contribution in [0.15, 0.2) is 72.9 Å². The van der Waals surface area contributed by atoms with Gasteiger partial charge in [-0.15, -0.1) is 0 Å². The zero-order valence-corrected chi connectivity index (χ0v) is 39.3. The number of aliphatic hydroxyl groups is 2. The summed E-state index contributed by atoms with van der Waals surface area (Å²) in [5.41, 5.74) is 0. The normalized spacial score (nSPS) is 13.5. The molecule has 0 spiro atoms. The molecule has 4 heteroatoms. The fraction of sp³-hybridized carbons (Fsp3) is 0.764. The maximum atomic E-state index is 12.4. The van der Waals surface area contributed by atoms with Gasteiger partial charge in [0.2, 0.25) is 5.91 Å². The van der Waals surface area contributed by atoms with Gasteiger partial charge in [0.25, 0.3) is 0 Å². The molecule has 0 aliphatic heterocycles. The zero-order chi connectivity index (χ0) is 42.8. The molecular weight excluding hydrogens is 723 g/mol. The van der Waals surface area contributed by atoms with E-state index in [1.165, 1.54) is 173 Å². The monoisotopic (exact) mass is 822 g/mol. The van der Waals surface area contributed by atoms with Gasteiger partial charge < -0.3 is 15.5 Å². The maximum absolute atomic E-state index is 12.4. The molecule has 0 aromatic carbocycles. The molecule has 1 amide bonds. The van der Waals surface area contributed by atoms with Gasteiger partial charge in [-0.2, -0.15) is 0 Å². The van der Waals surface area contributed by atoms with Gasteiger partial charge in [0.1, 0.15) is 0 Å². The number of carbonyl (C=O) groups excluding carboxylic acids is 1. The number of amides is 1. The van der Waals surface area contributed by atoms with Gasteiger partial charge in [-0.1, -0.05) is 254 Å². The fourth-order valence-electron chi connectivity index (χ4n) is 7.56. The summed E-state index contributed by atoms with van der Waals surface area (Å²) < 4.78 is 0. The van der Waals surface area contributed by atoms with Gasteiger partial charge >= 0.3 is 0 Å². The molecule has 3 N–H and O–H groups in total. The number of rotatable bonds is 46. The van der Waals surface area contributed by atoms with E-state index < -0.39 is 12.1 Å². The van der Waals surface area contributed by atoms with E-state index in [1.807, 2.05) is 6.08 Å².